The van der Waals surface area contributed by atoms with Crippen LogP contribution in [0, 0.1) is 20.2 Å². The minimum atomic E-state index is -1.72. The van der Waals surface area contributed by atoms with Gasteiger partial charge in [-0.05, 0) is 5.56 Å². The number of hydrogen-bond acceptors (Lipinski definition) is 8. The predicted octanol–water partition coefficient (Wildman–Crippen LogP) is 2.31. The number of carbonyl (C=O) groups excluding carboxylic acids is 2. The van der Waals surface area contributed by atoms with Crippen LogP contribution in [0.2, 0.25) is 0 Å². The molecule has 0 fully saturated rings. The molecule has 134 valence electrons. The normalized spacial score (nSPS) is 11.3. The van der Waals surface area contributed by atoms with Gasteiger partial charge in [0.2, 0.25) is 0 Å². The minimum absolute atomic E-state index is 0.191. The molecule has 0 bridgehead atoms. The molecule has 11 nitrogen and oxygen atoms in total. The fraction of sp³-hybridized carbons (Fsp3) is 0.0667. The highest BCUT2D eigenvalue weighted by atomic mass is 16.6. The SMILES string of the molecule is O=C(Nc1cc([N+](=O)[O-])cc([N+](=O)[O-])c1)OC(=O)[C@@H](O)c1ccccc1. The lowest BCUT2D eigenvalue weighted by molar-refractivity contribution is -0.394. The maximum Gasteiger partial charge on any atom is 0.419 e. The number of aliphatic hydroxyl groups excluding tert-OH is 1. The van der Waals surface area contributed by atoms with Gasteiger partial charge in [-0.1, -0.05) is 30.3 Å². The molecule has 0 radical (unpaired) electrons. The lowest BCUT2D eigenvalue weighted by atomic mass is 10.1. The molecule has 0 unspecified atom stereocenters. The zero-order chi connectivity index (χ0) is 19.3. The molecule has 0 saturated carbocycles. The highest BCUT2D eigenvalue weighted by molar-refractivity contribution is 5.95. The van der Waals surface area contributed by atoms with Crippen LogP contribution in [0.3, 0.4) is 0 Å². The van der Waals surface area contributed by atoms with Crippen LogP contribution in [0.25, 0.3) is 0 Å². The van der Waals surface area contributed by atoms with E-state index in [1.54, 1.807) is 18.2 Å². The quantitative estimate of drug-likeness (QED) is 0.355. The van der Waals surface area contributed by atoms with Crippen LogP contribution in [0.1, 0.15) is 11.7 Å². The van der Waals surface area contributed by atoms with E-state index in [1.807, 2.05) is 5.32 Å². The Morgan fingerprint density at radius 2 is 1.54 bits per heavy atom. The van der Waals surface area contributed by atoms with Crippen molar-refractivity contribution >= 4 is 29.1 Å². The van der Waals surface area contributed by atoms with Crippen molar-refractivity contribution in [2.75, 3.05) is 5.32 Å². The summed E-state index contributed by atoms with van der Waals surface area (Å²) in [5, 5.41) is 33.4. The molecule has 0 aliphatic carbocycles. The molecule has 11 heteroatoms. The Morgan fingerprint density at radius 3 is 2.04 bits per heavy atom. The smallest absolute Gasteiger partial charge is 0.377 e. The number of nitro groups is 2. The molecule has 0 spiro atoms. The van der Waals surface area contributed by atoms with Crippen molar-refractivity contribution in [1.82, 2.24) is 0 Å². The van der Waals surface area contributed by atoms with Crippen LogP contribution in [-0.4, -0.2) is 27.0 Å². The van der Waals surface area contributed by atoms with Gasteiger partial charge in [-0.3, -0.25) is 25.5 Å². The lowest BCUT2D eigenvalue weighted by Crippen LogP contribution is -2.23. The molecule has 2 aromatic carbocycles. The Balaban J connectivity index is 2.11. The Morgan fingerprint density at radius 1 is 1.00 bits per heavy atom. The largest absolute Gasteiger partial charge is 0.419 e. The minimum Gasteiger partial charge on any atom is -0.377 e. The van der Waals surface area contributed by atoms with Crippen molar-refractivity contribution in [3.05, 3.63) is 74.3 Å². The van der Waals surface area contributed by atoms with E-state index in [0.29, 0.717) is 6.07 Å². The summed E-state index contributed by atoms with van der Waals surface area (Å²) in [6.45, 7) is 0. The van der Waals surface area contributed by atoms with Crippen LogP contribution >= 0.6 is 0 Å². The van der Waals surface area contributed by atoms with Crippen LogP contribution in [-0.2, 0) is 9.53 Å². The Kier molecular flexibility index (Phi) is 5.55. The van der Waals surface area contributed by atoms with Crippen molar-refractivity contribution in [3.8, 4) is 0 Å². The lowest BCUT2D eigenvalue weighted by Gasteiger charge is -2.10. The molecule has 0 heterocycles. The first-order valence-electron chi connectivity index (χ1n) is 6.97. The number of aliphatic hydroxyl groups is 1. The molecule has 2 rings (SSSR count). The second-order valence-corrected chi connectivity index (χ2v) is 4.90. The van der Waals surface area contributed by atoms with Gasteiger partial charge in [-0.25, -0.2) is 9.59 Å². The average Bonchev–Trinajstić information content (AvgIpc) is 2.61. The third-order valence-electron chi connectivity index (χ3n) is 3.10. The standard InChI is InChI=1S/C15H11N3O8/c19-13(9-4-2-1-3-5-9)14(20)26-15(21)16-10-6-11(17(22)23)8-12(7-10)18(24)25/h1-8,13,19H,(H,16,21)/t13-/m0/s1. The zero-order valence-corrected chi connectivity index (χ0v) is 12.9. The predicted molar refractivity (Wildman–Crippen MR) is 86.3 cm³/mol. The van der Waals surface area contributed by atoms with Crippen LogP contribution in [0.5, 0.6) is 0 Å². The molecule has 1 atom stereocenters. The number of esters is 1. The molecule has 0 aliphatic heterocycles. The van der Waals surface area contributed by atoms with E-state index in [9.17, 15) is 34.9 Å². The van der Waals surface area contributed by atoms with Crippen LogP contribution in [0.4, 0.5) is 21.9 Å². The van der Waals surface area contributed by atoms with E-state index in [2.05, 4.69) is 4.74 Å². The summed E-state index contributed by atoms with van der Waals surface area (Å²) in [7, 11) is 0. The first-order chi connectivity index (χ1) is 12.3. The van der Waals surface area contributed by atoms with Crippen LogP contribution < -0.4 is 5.32 Å². The van der Waals surface area contributed by atoms with Gasteiger partial charge in [0.05, 0.1) is 21.6 Å². The molecule has 2 aromatic rings. The number of amides is 1. The first-order valence-corrected chi connectivity index (χ1v) is 6.97. The number of hydrogen-bond donors (Lipinski definition) is 2. The maximum atomic E-state index is 11.7. The van der Waals surface area contributed by atoms with Crippen LogP contribution in [0.15, 0.2) is 48.5 Å². The Hall–Kier alpha value is -3.86. The molecule has 0 aliphatic rings. The maximum absolute atomic E-state index is 11.7. The second-order valence-electron chi connectivity index (χ2n) is 4.90. The summed E-state index contributed by atoms with van der Waals surface area (Å²) in [6, 6.07) is 10.1. The Bertz CT molecular complexity index is 836. The van der Waals surface area contributed by atoms with Gasteiger partial charge in [0, 0.05) is 12.1 Å². The van der Waals surface area contributed by atoms with E-state index in [0.717, 1.165) is 12.1 Å². The van der Waals surface area contributed by atoms with Gasteiger partial charge in [-0.15, -0.1) is 0 Å². The number of nitrogens with zero attached hydrogens (tertiary/aromatic N) is 2. The van der Waals surface area contributed by atoms with Gasteiger partial charge >= 0.3 is 12.1 Å². The average molecular weight is 361 g/mol. The molecular formula is C15H11N3O8. The van der Waals surface area contributed by atoms with E-state index in [1.165, 1.54) is 12.1 Å². The van der Waals surface area contributed by atoms with Gasteiger partial charge in [0.1, 0.15) is 0 Å². The van der Waals surface area contributed by atoms with Crippen molar-refractivity contribution in [1.29, 1.82) is 0 Å². The molecule has 2 N–H and O–H groups in total. The molecule has 0 saturated heterocycles. The number of carbonyl (C=O) groups is 2. The van der Waals surface area contributed by atoms with E-state index in [-0.39, 0.29) is 11.3 Å². The fourth-order valence-electron chi connectivity index (χ4n) is 1.94. The highest BCUT2D eigenvalue weighted by Gasteiger charge is 2.23. The number of benzene rings is 2. The van der Waals surface area contributed by atoms with E-state index < -0.39 is 39.4 Å². The number of anilines is 1. The summed E-state index contributed by atoms with van der Waals surface area (Å²) in [4.78, 5) is 43.3. The summed E-state index contributed by atoms with van der Waals surface area (Å²) in [5.41, 5.74) is -1.40. The van der Waals surface area contributed by atoms with Gasteiger partial charge in [-0.2, -0.15) is 0 Å². The van der Waals surface area contributed by atoms with Crippen molar-refractivity contribution in [3.63, 3.8) is 0 Å². The Labute approximate surface area is 145 Å². The van der Waals surface area contributed by atoms with E-state index >= 15 is 0 Å². The number of nitrogens with one attached hydrogen (secondary N) is 1. The third kappa shape index (κ3) is 4.58. The molecule has 26 heavy (non-hydrogen) atoms. The zero-order valence-electron chi connectivity index (χ0n) is 12.9. The van der Waals surface area contributed by atoms with Gasteiger partial charge in [0.25, 0.3) is 11.4 Å². The molecule has 0 aromatic heterocycles. The summed E-state index contributed by atoms with van der Waals surface area (Å²) in [6.07, 6.45) is -3.08. The topological polar surface area (TPSA) is 162 Å². The van der Waals surface area contributed by atoms with Crippen molar-refractivity contribution < 1.29 is 29.3 Å². The fourth-order valence-corrected chi connectivity index (χ4v) is 1.94. The number of ether oxygens (including phenoxy) is 1. The van der Waals surface area contributed by atoms with Crippen molar-refractivity contribution in [2.45, 2.75) is 6.10 Å². The second kappa shape index (κ2) is 7.81. The van der Waals surface area contributed by atoms with E-state index in [4.69, 9.17) is 0 Å². The number of nitro benzene ring substituents is 2. The van der Waals surface area contributed by atoms with Crippen molar-refractivity contribution in [2.24, 2.45) is 0 Å². The summed E-state index contributed by atoms with van der Waals surface area (Å²) in [5.74, 6) is -1.28. The van der Waals surface area contributed by atoms with Gasteiger partial charge in [0.15, 0.2) is 6.10 Å². The van der Waals surface area contributed by atoms with Gasteiger partial charge < -0.3 is 9.84 Å². The molecule has 1 amide bonds. The molecular weight excluding hydrogens is 350 g/mol. The number of rotatable bonds is 5. The highest BCUT2D eigenvalue weighted by Crippen LogP contribution is 2.26. The number of non-ortho nitro benzene ring substituents is 2. The summed E-state index contributed by atoms with van der Waals surface area (Å²) < 4.78 is 4.39. The summed E-state index contributed by atoms with van der Waals surface area (Å²) >= 11 is 0. The third-order valence-corrected chi connectivity index (χ3v) is 3.10. The first kappa shape index (κ1) is 18.5. The monoisotopic (exact) mass is 361 g/mol.